The van der Waals surface area contributed by atoms with Gasteiger partial charge in [0.15, 0.2) is 6.61 Å². The molecule has 0 spiro atoms. The van der Waals surface area contributed by atoms with Crippen LogP contribution in [0.3, 0.4) is 0 Å². The first-order chi connectivity index (χ1) is 11.5. The van der Waals surface area contributed by atoms with Gasteiger partial charge in [0.05, 0.1) is 17.9 Å². The second kappa shape index (κ2) is 8.01. The van der Waals surface area contributed by atoms with Crippen LogP contribution in [0.4, 0.5) is 11.4 Å². The Morgan fingerprint density at radius 2 is 1.88 bits per heavy atom. The average Bonchev–Trinajstić information content (AvgIpc) is 2.57. The van der Waals surface area contributed by atoms with Gasteiger partial charge in [-0.1, -0.05) is 24.3 Å². The van der Waals surface area contributed by atoms with Gasteiger partial charge in [0.25, 0.3) is 5.91 Å². The third kappa shape index (κ3) is 4.25. The summed E-state index contributed by atoms with van der Waals surface area (Å²) >= 11 is 0. The molecule has 0 unspecified atom stereocenters. The summed E-state index contributed by atoms with van der Waals surface area (Å²) in [4.78, 5) is 24.0. The van der Waals surface area contributed by atoms with Gasteiger partial charge in [0.1, 0.15) is 5.75 Å². The summed E-state index contributed by atoms with van der Waals surface area (Å²) in [6.45, 7) is 3.72. The van der Waals surface area contributed by atoms with Gasteiger partial charge in [-0.25, -0.2) is 4.79 Å². The predicted octanol–water partition coefficient (Wildman–Crippen LogP) is 2.77. The molecular weight excluding hydrogens is 308 g/mol. The zero-order valence-electron chi connectivity index (χ0n) is 13.7. The third-order valence-electron chi connectivity index (χ3n) is 3.34. The first-order valence-corrected chi connectivity index (χ1v) is 7.56. The second-order valence-corrected chi connectivity index (χ2v) is 5.09. The van der Waals surface area contributed by atoms with E-state index in [2.05, 4.69) is 5.32 Å². The quantitative estimate of drug-likeness (QED) is 0.628. The molecule has 6 heteroatoms. The van der Waals surface area contributed by atoms with E-state index in [4.69, 9.17) is 15.2 Å². The van der Waals surface area contributed by atoms with E-state index in [0.29, 0.717) is 23.7 Å². The molecule has 2 aromatic rings. The summed E-state index contributed by atoms with van der Waals surface area (Å²) in [6, 6.07) is 12.1. The number of hydrogen-bond donors (Lipinski definition) is 2. The maximum absolute atomic E-state index is 12.0. The van der Waals surface area contributed by atoms with Gasteiger partial charge in [-0.3, -0.25) is 4.79 Å². The number of carbonyl (C=O) groups is 2. The van der Waals surface area contributed by atoms with Gasteiger partial charge in [-0.05, 0) is 37.6 Å². The maximum atomic E-state index is 12.0. The molecule has 0 saturated carbocycles. The Labute approximate surface area is 140 Å². The molecule has 126 valence electrons. The number of aryl methyl sites for hydroxylation is 1. The van der Waals surface area contributed by atoms with Crippen molar-refractivity contribution in [2.45, 2.75) is 13.8 Å². The molecule has 2 rings (SSSR count). The lowest BCUT2D eigenvalue weighted by atomic mass is 10.1. The van der Waals surface area contributed by atoms with Gasteiger partial charge in [0, 0.05) is 5.69 Å². The summed E-state index contributed by atoms with van der Waals surface area (Å²) in [6.07, 6.45) is 0. The number of para-hydroxylation sites is 3. The average molecular weight is 328 g/mol. The number of nitrogens with one attached hydrogen (secondary N) is 1. The molecule has 0 aliphatic carbocycles. The van der Waals surface area contributed by atoms with Gasteiger partial charge >= 0.3 is 5.97 Å². The minimum Gasteiger partial charge on any atom is -0.492 e. The minimum atomic E-state index is -0.635. The van der Waals surface area contributed by atoms with E-state index in [-0.39, 0.29) is 5.56 Å². The van der Waals surface area contributed by atoms with E-state index in [1.165, 1.54) is 0 Å². The van der Waals surface area contributed by atoms with Gasteiger partial charge in [0.2, 0.25) is 0 Å². The molecule has 0 aliphatic rings. The second-order valence-electron chi connectivity index (χ2n) is 5.09. The number of benzene rings is 2. The van der Waals surface area contributed by atoms with Gasteiger partial charge in [-0.15, -0.1) is 0 Å². The molecule has 0 bridgehead atoms. The first-order valence-electron chi connectivity index (χ1n) is 7.56. The summed E-state index contributed by atoms with van der Waals surface area (Å²) in [7, 11) is 0. The Balaban J connectivity index is 1.96. The molecule has 2 aromatic carbocycles. The Hall–Kier alpha value is -3.02. The molecular formula is C18H20N2O4. The molecule has 0 heterocycles. The summed E-state index contributed by atoms with van der Waals surface area (Å²) < 4.78 is 10.4. The van der Waals surface area contributed by atoms with Crippen molar-refractivity contribution in [2.75, 3.05) is 24.3 Å². The minimum absolute atomic E-state index is 0.248. The lowest BCUT2D eigenvalue weighted by Gasteiger charge is -2.12. The fourth-order valence-corrected chi connectivity index (χ4v) is 2.11. The van der Waals surface area contributed by atoms with Gasteiger partial charge < -0.3 is 20.5 Å². The topological polar surface area (TPSA) is 90.6 Å². The molecule has 0 aliphatic heterocycles. The van der Waals surface area contributed by atoms with Crippen molar-refractivity contribution in [2.24, 2.45) is 0 Å². The number of carbonyl (C=O) groups excluding carboxylic acids is 2. The van der Waals surface area contributed by atoms with E-state index >= 15 is 0 Å². The van der Waals surface area contributed by atoms with Crippen molar-refractivity contribution in [3.8, 4) is 5.75 Å². The van der Waals surface area contributed by atoms with Crippen LogP contribution >= 0.6 is 0 Å². The van der Waals surface area contributed by atoms with Crippen molar-refractivity contribution in [3.05, 3.63) is 53.6 Å². The zero-order chi connectivity index (χ0) is 17.5. The highest BCUT2D eigenvalue weighted by atomic mass is 16.5. The molecule has 24 heavy (non-hydrogen) atoms. The lowest BCUT2D eigenvalue weighted by molar-refractivity contribution is -0.119. The fraction of sp³-hybridized carbons (Fsp3) is 0.222. The van der Waals surface area contributed by atoms with Crippen LogP contribution in [-0.4, -0.2) is 25.1 Å². The Kier molecular flexibility index (Phi) is 5.78. The highest BCUT2D eigenvalue weighted by Crippen LogP contribution is 2.23. The molecule has 0 radical (unpaired) electrons. The van der Waals surface area contributed by atoms with Crippen molar-refractivity contribution in [1.29, 1.82) is 0 Å². The number of nitrogens with two attached hydrogens (primary N) is 1. The summed E-state index contributed by atoms with van der Waals surface area (Å²) in [5, 5.41) is 2.66. The number of esters is 1. The highest BCUT2D eigenvalue weighted by molar-refractivity contribution is 5.99. The maximum Gasteiger partial charge on any atom is 0.340 e. The van der Waals surface area contributed by atoms with E-state index in [1.54, 1.807) is 49.4 Å². The van der Waals surface area contributed by atoms with Crippen LogP contribution < -0.4 is 15.8 Å². The molecule has 0 fully saturated rings. The smallest absolute Gasteiger partial charge is 0.340 e. The van der Waals surface area contributed by atoms with Crippen LogP contribution in [0, 0.1) is 6.92 Å². The van der Waals surface area contributed by atoms with E-state index in [1.807, 2.05) is 6.92 Å². The van der Waals surface area contributed by atoms with Crippen molar-refractivity contribution >= 4 is 23.3 Å². The Bertz CT molecular complexity index is 744. The monoisotopic (exact) mass is 328 g/mol. The molecule has 0 aromatic heterocycles. The van der Waals surface area contributed by atoms with E-state index in [9.17, 15) is 9.59 Å². The third-order valence-corrected chi connectivity index (χ3v) is 3.34. The number of anilines is 2. The van der Waals surface area contributed by atoms with Crippen LogP contribution in [0.25, 0.3) is 0 Å². The molecule has 0 saturated heterocycles. The summed E-state index contributed by atoms with van der Waals surface area (Å²) in [5.74, 6) is -0.534. The van der Waals surface area contributed by atoms with Gasteiger partial charge in [-0.2, -0.15) is 0 Å². The van der Waals surface area contributed by atoms with Crippen LogP contribution in [-0.2, 0) is 9.53 Å². The number of ether oxygens (including phenoxy) is 2. The Morgan fingerprint density at radius 1 is 1.12 bits per heavy atom. The van der Waals surface area contributed by atoms with E-state index < -0.39 is 18.5 Å². The number of nitrogen functional groups attached to an aromatic ring is 1. The van der Waals surface area contributed by atoms with Crippen LogP contribution in [0.5, 0.6) is 5.75 Å². The molecule has 6 nitrogen and oxygen atoms in total. The number of amides is 1. The van der Waals surface area contributed by atoms with Crippen molar-refractivity contribution in [1.82, 2.24) is 0 Å². The SMILES string of the molecule is CCOc1ccccc1NC(=O)COC(=O)c1cccc(C)c1N. The molecule has 1 amide bonds. The van der Waals surface area contributed by atoms with E-state index in [0.717, 1.165) is 5.56 Å². The van der Waals surface area contributed by atoms with Crippen molar-refractivity contribution in [3.63, 3.8) is 0 Å². The predicted molar refractivity (Wildman–Crippen MR) is 92.1 cm³/mol. The van der Waals surface area contributed by atoms with Crippen LogP contribution in [0.15, 0.2) is 42.5 Å². The largest absolute Gasteiger partial charge is 0.492 e. The standard InChI is InChI=1S/C18H20N2O4/c1-3-23-15-10-5-4-9-14(15)20-16(21)11-24-18(22)13-8-6-7-12(2)17(13)19/h4-10H,3,11,19H2,1-2H3,(H,20,21). The molecule has 0 atom stereocenters. The van der Waals surface area contributed by atoms with Crippen LogP contribution in [0.2, 0.25) is 0 Å². The number of hydrogen-bond acceptors (Lipinski definition) is 5. The normalized spacial score (nSPS) is 10.1. The summed E-state index contributed by atoms with van der Waals surface area (Å²) in [5.41, 5.74) is 7.75. The Morgan fingerprint density at radius 3 is 2.62 bits per heavy atom. The van der Waals surface area contributed by atoms with Crippen molar-refractivity contribution < 1.29 is 19.1 Å². The molecule has 3 N–H and O–H groups in total. The highest BCUT2D eigenvalue weighted by Gasteiger charge is 2.15. The van der Waals surface area contributed by atoms with Crippen LogP contribution in [0.1, 0.15) is 22.8 Å². The first kappa shape index (κ1) is 17.3. The number of rotatable bonds is 6. The lowest BCUT2D eigenvalue weighted by Crippen LogP contribution is -2.21. The fourth-order valence-electron chi connectivity index (χ4n) is 2.11. The zero-order valence-corrected chi connectivity index (χ0v) is 13.7.